The zero-order valence-electron chi connectivity index (χ0n) is 10.1. The maximum Gasteiger partial charge on any atom is 0.130 e. The largest absolute Gasteiger partial charge is 0.487 e. The lowest BCUT2D eigenvalue weighted by Gasteiger charge is -2.14. The number of pyridine rings is 1. The Morgan fingerprint density at radius 2 is 2.17 bits per heavy atom. The molecule has 2 aromatic rings. The number of ether oxygens (including phenoxy) is 1. The van der Waals surface area contributed by atoms with Crippen LogP contribution in [-0.2, 0) is 6.61 Å². The average Bonchev–Trinajstić information content (AvgIpc) is 2.37. The summed E-state index contributed by atoms with van der Waals surface area (Å²) in [5, 5.41) is 0. The Morgan fingerprint density at radius 3 is 2.83 bits per heavy atom. The van der Waals surface area contributed by atoms with Crippen LogP contribution >= 0.6 is 15.9 Å². The van der Waals surface area contributed by atoms with Gasteiger partial charge in [-0.2, -0.15) is 0 Å². The molecule has 0 saturated heterocycles. The molecule has 0 radical (unpaired) electrons. The van der Waals surface area contributed by atoms with Gasteiger partial charge in [0.05, 0.1) is 5.69 Å². The van der Waals surface area contributed by atoms with E-state index in [0.29, 0.717) is 6.61 Å². The molecule has 0 bridgehead atoms. The van der Waals surface area contributed by atoms with Crippen molar-refractivity contribution in [2.75, 3.05) is 0 Å². The Balaban J connectivity index is 2.15. The third-order valence-electron chi connectivity index (χ3n) is 2.57. The van der Waals surface area contributed by atoms with Gasteiger partial charge in [-0.05, 0) is 31.2 Å². The van der Waals surface area contributed by atoms with Crippen molar-refractivity contribution >= 4 is 15.9 Å². The van der Waals surface area contributed by atoms with E-state index in [0.717, 1.165) is 21.5 Å². The maximum absolute atomic E-state index is 5.92. The molecular formula is C14H15BrN2O. The highest BCUT2D eigenvalue weighted by molar-refractivity contribution is 9.10. The van der Waals surface area contributed by atoms with Crippen molar-refractivity contribution in [2.45, 2.75) is 19.6 Å². The second-order valence-electron chi connectivity index (χ2n) is 4.08. The zero-order chi connectivity index (χ0) is 13.0. The maximum atomic E-state index is 5.92. The van der Waals surface area contributed by atoms with Crippen LogP contribution in [0.2, 0.25) is 0 Å². The molecule has 1 heterocycles. The van der Waals surface area contributed by atoms with E-state index >= 15 is 0 Å². The lowest BCUT2D eigenvalue weighted by atomic mass is 10.1. The summed E-state index contributed by atoms with van der Waals surface area (Å²) >= 11 is 3.44. The number of aromatic nitrogens is 1. The zero-order valence-corrected chi connectivity index (χ0v) is 11.7. The Bertz CT molecular complexity index is 514. The van der Waals surface area contributed by atoms with Crippen LogP contribution in [0.3, 0.4) is 0 Å². The van der Waals surface area contributed by atoms with Crippen LogP contribution in [0.25, 0.3) is 0 Å². The van der Waals surface area contributed by atoms with Gasteiger partial charge in [0, 0.05) is 22.3 Å². The average molecular weight is 307 g/mol. The second kappa shape index (κ2) is 5.98. The van der Waals surface area contributed by atoms with Gasteiger partial charge in [-0.15, -0.1) is 0 Å². The molecule has 3 nitrogen and oxygen atoms in total. The molecule has 2 rings (SSSR count). The van der Waals surface area contributed by atoms with E-state index in [2.05, 4.69) is 20.9 Å². The molecule has 0 aliphatic heterocycles. The van der Waals surface area contributed by atoms with Crippen molar-refractivity contribution < 1.29 is 4.74 Å². The first kappa shape index (κ1) is 13.1. The minimum atomic E-state index is -0.0585. The van der Waals surface area contributed by atoms with E-state index in [1.807, 2.05) is 43.3 Å². The van der Waals surface area contributed by atoms with Gasteiger partial charge in [0.25, 0.3) is 0 Å². The molecule has 94 valence electrons. The Hall–Kier alpha value is -1.39. The molecule has 0 aliphatic rings. The van der Waals surface area contributed by atoms with Gasteiger partial charge >= 0.3 is 0 Å². The van der Waals surface area contributed by atoms with E-state index < -0.39 is 0 Å². The number of halogens is 1. The smallest absolute Gasteiger partial charge is 0.130 e. The second-order valence-corrected chi connectivity index (χ2v) is 5.00. The predicted molar refractivity (Wildman–Crippen MR) is 75.3 cm³/mol. The molecule has 1 aromatic carbocycles. The van der Waals surface area contributed by atoms with Crippen LogP contribution in [0.5, 0.6) is 5.75 Å². The Morgan fingerprint density at radius 1 is 1.33 bits per heavy atom. The summed E-state index contributed by atoms with van der Waals surface area (Å²) in [7, 11) is 0. The van der Waals surface area contributed by atoms with Crippen molar-refractivity contribution in [2.24, 2.45) is 5.73 Å². The van der Waals surface area contributed by atoms with Crippen LogP contribution in [0.15, 0.2) is 47.1 Å². The van der Waals surface area contributed by atoms with Crippen molar-refractivity contribution in [3.05, 3.63) is 58.3 Å². The van der Waals surface area contributed by atoms with Gasteiger partial charge in [0.2, 0.25) is 0 Å². The normalized spacial score (nSPS) is 12.2. The number of nitrogens with zero attached hydrogens (tertiary/aromatic N) is 1. The summed E-state index contributed by atoms with van der Waals surface area (Å²) in [4.78, 5) is 4.22. The van der Waals surface area contributed by atoms with Crippen molar-refractivity contribution in [3.8, 4) is 5.75 Å². The van der Waals surface area contributed by atoms with Crippen LogP contribution < -0.4 is 10.5 Å². The van der Waals surface area contributed by atoms with Crippen molar-refractivity contribution in [1.29, 1.82) is 0 Å². The van der Waals surface area contributed by atoms with Gasteiger partial charge in [0.15, 0.2) is 0 Å². The van der Waals surface area contributed by atoms with Gasteiger partial charge in [0.1, 0.15) is 12.4 Å². The molecule has 0 amide bonds. The first-order chi connectivity index (χ1) is 8.66. The van der Waals surface area contributed by atoms with E-state index in [1.165, 1.54) is 0 Å². The minimum absolute atomic E-state index is 0.0585. The van der Waals surface area contributed by atoms with E-state index in [-0.39, 0.29) is 6.04 Å². The van der Waals surface area contributed by atoms with Gasteiger partial charge in [-0.3, -0.25) is 4.98 Å². The fraction of sp³-hybridized carbons (Fsp3) is 0.214. The monoisotopic (exact) mass is 306 g/mol. The summed E-state index contributed by atoms with van der Waals surface area (Å²) < 4.78 is 6.77. The molecule has 0 saturated carbocycles. The fourth-order valence-electron chi connectivity index (χ4n) is 1.64. The summed E-state index contributed by atoms with van der Waals surface area (Å²) in [5.74, 6) is 0.796. The van der Waals surface area contributed by atoms with Crippen molar-refractivity contribution in [1.82, 2.24) is 4.98 Å². The lowest BCUT2D eigenvalue weighted by Crippen LogP contribution is -2.08. The molecule has 0 aliphatic carbocycles. The van der Waals surface area contributed by atoms with Crippen LogP contribution in [0, 0.1) is 0 Å². The summed E-state index contributed by atoms with van der Waals surface area (Å²) in [6, 6.07) is 11.6. The molecule has 1 aromatic heterocycles. The standard InChI is InChI=1S/C14H15BrN2O/c1-10(16)13-6-5-11(15)8-14(13)18-9-12-4-2-3-7-17-12/h2-8,10H,9,16H2,1H3/t10-/m1/s1. The molecular weight excluding hydrogens is 292 g/mol. The quantitative estimate of drug-likeness (QED) is 0.941. The molecule has 0 fully saturated rings. The number of hydrogen-bond acceptors (Lipinski definition) is 3. The molecule has 2 N–H and O–H groups in total. The van der Waals surface area contributed by atoms with E-state index in [4.69, 9.17) is 10.5 Å². The Labute approximate surface area is 115 Å². The summed E-state index contributed by atoms with van der Waals surface area (Å²) in [6.45, 7) is 2.38. The summed E-state index contributed by atoms with van der Waals surface area (Å²) in [6.07, 6.45) is 1.76. The highest BCUT2D eigenvalue weighted by Crippen LogP contribution is 2.28. The first-order valence-corrected chi connectivity index (χ1v) is 6.54. The Kier molecular flexibility index (Phi) is 4.33. The molecule has 1 atom stereocenters. The minimum Gasteiger partial charge on any atom is -0.487 e. The van der Waals surface area contributed by atoms with Crippen LogP contribution in [0.1, 0.15) is 24.2 Å². The van der Waals surface area contributed by atoms with E-state index in [1.54, 1.807) is 6.20 Å². The van der Waals surface area contributed by atoms with Gasteiger partial charge in [-0.25, -0.2) is 0 Å². The molecule has 0 unspecified atom stereocenters. The van der Waals surface area contributed by atoms with Crippen molar-refractivity contribution in [3.63, 3.8) is 0 Å². The fourth-order valence-corrected chi connectivity index (χ4v) is 1.98. The molecule has 0 spiro atoms. The predicted octanol–water partition coefficient (Wildman–Crippen LogP) is 3.44. The van der Waals surface area contributed by atoms with Crippen LogP contribution in [-0.4, -0.2) is 4.98 Å². The SMILES string of the molecule is C[C@@H](N)c1ccc(Br)cc1OCc1ccccn1. The van der Waals surface area contributed by atoms with Gasteiger partial charge in [-0.1, -0.05) is 28.1 Å². The summed E-state index contributed by atoms with van der Waals surface area (Å²) in [5.41, 5.74) is 7.81. The highest BCUT2D eigenvalue weighted by atomic mass is 79.9. The third-order valence-corrected chi connectivity index (χ3v) is 3.06. The number of hydrogen-bond donors (Lipinski definition) is 1. The number of benzene rings is 1. The van der Waals surface area contributed by atoms with Crippen LogP contribution in [0.4, 0.5) is 0 Å². The molecule has 4 heteroatoms. The van der Waals surface area contributed by atoms with Gasteiger partial charge < -0.3 is 10.5 Å². The third kappa shape index (κ3) is 3.31. The number of rotatable bonds is 4. The molecule has 18 heavy (non-hydrogen) atoms. The van der Waals surface area contributed by atoms with E-state index in [9.17, 15) is 0 Å². The first-order valence-electron chi connectivity index (χ1n) is 5.74. The highest BCUT2D eigenvalue weighted by Gasteiger charge is 2.09. The number of nitrogens with two attached hydrogens (primary N) is 1. The lowest BCUT2D eigenvalue weighted by molar-refractivity contribution is 0.296. The topological polar surface area (TPSA) is 48.1 Å².